The minimum Gasteiger partial charge on any atom is -0.217 e. The molecule has 2 aromatic rings. The van der Waals surface area contributed by atoms with Gasteiger partial charge >= 0.3 is 6.18 Å². The van der Waals surface area contributed by atoms with Crippen molar-refractivity contribution in [1.82, 2.24) is 15.0 Å². The number of alkyl halides is 3. The van der Waals surface area contributed by atoms with Crippen LogP contribution in [0.4, 0.5) is 13.2 Å². The first-order valence-corrected chi connectivity index (χ1v) is 7.56. The highest BCUT2D eigenvalue weighted by molar-refractivity contribution is 6.37. The van der Waals surface area contributed by atoms with Crippen molar-refractivity contribution in [1.29, 1.82) is 0 Å². The fraction of sp³-hybridized carbons (Fsp3) is 0.429. The normalized spacial score (nSPS) is 11.9. The van der Waals surface area contributed by atoms with E-state index in [0.29, 0.717) is 0 Å². The van der Waals surface area contributed by atoms with Crippen LogP contribution in [0.1, 0.15) is 37.4 Å². The van der Waals surface area contributed by atoms with E-state index >= 15 is 0 Å². The summed E-state index contributed by atoms with van der Waals surface area (Å²) in [6.07, 6.45) is 1.03. The molecule has 8 heteroatoms. The number of unbranched alkanes of at least 4 members (excludes halogenated alkanes) is 2. The lowest BCUT2D eigenvalue weighted by molar-refractivity contribution is -0.137. The molecule has 0 unspecified atom stereocenters. The third-order valence-electron chi connectivity index (χ3n) is 3.15. The molecule has 1 aromatic carbocycles. The second-order valence-corrected chi connectivity index (χ2v) is 5.71. The molecule has 0 N–H and O–H groups in total. The molecule has 0 saturated carbocycles. The van der Waals surface area contributed by atoms with Crippen molar-refractivity contribution in [2.45, 2.75) is 38.8 Å². The lowest BCUT2D eigenvalue weighted by Crippen LogP contribution is -2.07. The van der Waals surface area contributed by atoms with E-state index < -0.39 is 11.7 Å². The molecule has 0 saturated heterocycles. The quantitative estimate of drug-likeness (QED) is 0.682. The number of aryl methyl sites for hydroxylation is 1. The third kappa shape index (κ3) is 3.93. The van der Waals surface area contributed by atoms with Crippen LogP contribution < -0.4 is 0 Å². The Bertz CT molecular complexity index is 630. The fourth-order valence-electron chi connectivity index (χ4n) is 2.03. The number of hydrogen-bond donors (Lipinski definition) is 0. The van der Waals surface area contributed by atoms with E-state index in [0.717, 1.165) is 43.5 Å². The van der Waals surface area contributed by atoms with Crippen LogP contribution in [-0.4, -0.2) is 15.0 Å². The number of hydrogen-bond acceptors (Lipinski definition) is 2. The molecule has 120 valence electrons. The van der Waals surface area contributed by atoms with E-state index in [1.807, 2.05) is 0 Å². The Kier molecular flexibility index (Phi) is 5.34. The second kappa shape index (κ2) is 6.87. The van der Waals surface area contributed by atoms with Crippen LogP contribution in [0.25, 0.3) is 5.69 Å². The minimum absolute atomic E-state index is 0.121. The van der Waals surface area contributed by atoms with Crippen molar-refractivity contribution in [3.05, 3.63) is 39.6 Å². The number of halogens is 5. The molecule has 0 amide bonds. The van der Waals surface area contributed by atoms with Gasteiger partial charge in [0.1, 0.15) is 5.69 Å². The Hall–Kier alpha value is -1.27. The summed E-state index contributed by atoms with van der Waals surface area (Å²) in [4.78, 5) is 0. The van der Waals surface area contributed by atoms with Gasteiger partial charge in [0.15, 0.2) is 0 Å². The topological polar surface area (TPSA) is 30.7 Å². The molecule has 22 heavy (non-hydrogen) atoms. The van der Waals surface area contributed by atoms with Gasteiger partial charge in [-0.1, -0.05) is 48.2 Å². The molecule has 1 aromatic heterocycles. The fourth-order valence-corrected chi connectivity index (χ4v) is 2.69. The zero-order valence-corrected chi connectivity index (χ0v) is 13.3. The summed E-state index contributed by atoms with van der Waals surface area (Å²) in [5.41, 5.74) is 0.0561. The zero-order chi connectivity index (χ0) is 16.3. The van der Waals surface area contributed by atoms with E-state index in [1.54, 1.807) is 6.20 Å². The molecule has 0 spiro atoms. The van der Waals surface area contributed by atoms with Crippen molar-refractivity contribution in [2.75, 3.05) is 0 Å². The third-order valence-corrected chi connectivity index (χ3v) is 3.73. The van der Waals surface area contributed by atoms with Crippen LogP contribution in [-0.2, 0) is 12.6 Å². The van der Waals surface area contributed by atoms with E-state index in [2.05, 4.69) is 17.2 Å². The second-order valence-electron chi connectivity index (χ2n) is 4.90. The van der Waals surface area contributed by atoms with Crippen LogP contribution in [0.15, 0.2) is 18.3 Å². The van der Waals surface area contributed by atoms with E-state index in [1.165, 1.54) is 4.68 Å². The molecular weight excluding hydrogens is 338 g/mol. The summed E-state index contributed by atoms with van der Waals surface area (Å²) in [7, 11) is 0. The lowest BCUT2D eigenvalue weighted by atomic mass is 10.2. The van der Waals surface area contributed by atoms with Gasteiger partial charge in [-0.05, 0) is 25.0 Å². The summed E-state index contributed by atoms with van der Waals surface area (Å²) in [6.45, 7) is 2.10. The van der Waals surface area contributed by atoms with E-state index in [-0.39, 0.29) is 15.7 Å². The predicted molar refractivity (Wildman–Crippen MR) is 79.6 cm³/mol. The van der Waals surface area contributed by atoms with Crippen molar-refractivity contribution in [3.63, 3.8) is 0 Å². The molecule has 0 atom stereocenters. The van der Waals surface area contributed by atoms with Crippen molar-refractivity contribution >= 4 is 23.2 Å². The average Bonchev–Trinajstić information content (AvgIpc) is 2.85. The molecule has 0 bridgehead atoms. The molecule has 0 fully saturated rings. The summed E-state index contributed by atoms with van der Waals surface area (Å²) in [6, 6.07) is 1.67. The molecule has 3 nitrogen and oxygen atoms in total. The number of benzene rings is 1. The molecular formula is C14H14Cl2F3N3. The van der Waals surface area contributed by atoms with Crippen LogP contribution in [0.3, 0.4) is 0 Å². The summed E-state index contributed by atoms with van der Waals surface area (Å²) in [5.74, 6) is 0. The number of aromatic nitrogens is 3. The van der Waals surface area contributed by atoms with Gasteiger partial charge in [0, 0.05) is 0 Å². The highest BCUT2D eigenvalue weighted by Crippen LogP contribution is 2.37. The van der Waals surface area contributed by atoms with Gasteiger partial charge in [0.05, 0.1) is 27.5 Å². The van der Waals surface area contributed by atoms with Gasteiger partial charge in [-0.25, -0.2) is 4.68 Å². The van der Waals surface area contributed by atoms with Crippen LogP contribution in [0.2, 0.25) is 10.0 Å². The minimum atomic E-state index is -4.50. The molecule has 2 rings (SSSR count). The van der Waals surface area contributed by atoms with Crippen LogP contribution in [0.5, 0.6) is 0 Å². The summed E-state index contributed by atoms with van der Waals surface area (Å²) in [5, 5.41) is 7.65. The van der Waals surface area contributed by atoms with Crippen molar-refractivity contribution < 1.29 is 13.2 Å². The molecule has 0 radical (unpaired) electrons. The first-order chi connectivity index (χ1) is 10.3. The number of rotatable bonds is 5. The van der Waals surface area contributed by atoms with Gasteiger partial charge in [-0.2, -0.15) is 13.2 Å². The van der Waals surface area contributed by atoms with Crippen LogP contribution >= 0.6 is 23.2 Å². The van der Waals surface area contributed by atoms with Crippen molar-refractivity contribution in [2.24, 2.45) is 0 Å². The Labute approximate surface area is 136 Å². The molecule has 0 aliphatic rings. The highest BCUT2D eigenvalue weighted by atomic mass is 35.5. The SMILES string of the molecule is CCCCCc1cn(-c2c(Cl)cc(C(F)(F)F)cc2Cl)nn1. The average molecular weight is 352 g/mol. The monoisotopic (exact) mass is 351 g/mol. The summed E-state index contributed by atoms with van der Waals surface area (Å²) >= 11 is 11.9. The maximum atomic E-state index is 12.7. The van der Waals surface area contributed by atoms with Crippen LogP contribution in [0, 0.1) is 0 Å². The maximum absolute atomic E-state index is 12.7. The summed E-state index contributed by atoms with van der Waals surface area (Å²) < 4.78 is 39.4. The van der Waals surface area contributed by atoms with Gasteiger partial charge in [-0.15, -0.1) is 5.10 Å². The Balaban J connectivity index is 2.29. The Morgan fingerprint density at radius 3 is 2.32 bits per heavy atom. The van der Waals surface area contributed by atoms with Gasteiger partial charge in [-0.3, -0.25) is 0 Å². The van der Waals surface area contributed by atoms with E-state index in [9.17, 15) is 13.2 Å². The highest BCUT2D eigenvalue weighted by Gasteiger charge is 2.32. The predicted octanol–water partition coefficient (Wildman–Crippen LogP) is 5.33. The maximum Gasteiger partial charge on any atom is 0.416 e. The molecule has 0 aliphatic carbocycles. The number of nitrogens with zero attached hydrogens (tertiary/aromatic N) is 3. The van der Waals surface area contributed by atoms with Crippen molar-refractivity contribution in [3.8, 4) is 5.69 Å². The largest absolute Gasteiger partial charge is 0.416 e. The zero-order valence-electron chi connectivity index (χ0n) is 11.8. The Morgan fingerprint density at radius 2 is 1.77 bits per heavy atom. The molecule has 0 aliphatic heterocycles. The van der Waals surface area contributed by atoms with Gasteiger partial charge in [0.2, 0.25) is 0 Å². The van der Waals surface area contributed by atoms with Gasteiger partial charge < -0.3 is 0 Å². The van der Waals surface area contributed by atoms with Gasteiger partial charge in [0.25, 0.3) is 0 Å². The first-order valence-electron chi connectivity index (χ1n) is 6.80. The first kappa shape index (κ1) is 17.1. The lowest BCUT2D eigenvalue weighted by Gasteiger charge is -2.11. The smallest absolute Gasteiger partial charge is 0.217 e. The van der Waals surface area contributed by atoms with E-state index in [4.69, 9.17) is 23.2 Å². The molecule has 1 heterocycles. The Morgan fingerprint density at radius 1 is 1.14 bits per heavy atom. The standard InChI is InChI=1S/C14H14Cl2F3N3/c1-2-3-4-5-10-8-22(21-20-10)13-11(15)6-9(7-12(13)16)14(17,18)19/h6-8H,2-5H2,1H3.